The summed E-state index contributed by atoms with van der Waals surface area (Å²) in [5, 5.41) is 3.21. The second kappa shape index (κ2) is 10.1. The molecule has 6 heteroatoms. The fourth-order valence-corrected chi connectivity index (χ4v) is 4.61. The molecule has 0 saturated carbocycles. The van der Waals surface area contributed by atoms with Crippen LogP contribution in [0.1, 0.15) is 49.9 Å². The van der Waals surface area contributed by atoms with Crippen LogP contribution in [0.4, 0.5) is 4.39 Å². The topological polar surface area (TPSA) is 52.0 Å². The SMILES string of the molecule is COc1cc2c(cc1OC)[C@H]([C@H](C)NC(=O)CC(C)C)[NH+](Cc1cccc(F)c1)CC2. The summed E-state index contributed by atoms with van der Waals surface area (Å²) in [5.74, 6) is 1.52. The minimum atomic E-state index is -0.226. The highest BCUT2D eigenvalue weighted by Crippen LogP contribution is 2.35. The van der Waals surface area contributed by atoms with Crippen molar-refractivity contribution in [2.24, 2.45) is 5.92 Å². The van der Waals surface area contributed by atoms with Crippen LogP contribution in [0.2, 0.25) is 0 Å². The first-order valence-corrected chi connectivity index (χ1v) is 11.0. The number of quaternary nitrogens is 1. The zero-order chi connectivity index (χ0) is 22.5. The molecule has 0 bridgehead atoms. The highest BCUT2D eigenvalue weighted by molar-refractivity contribution is 5.76. The molecule has 1 heterocycles. The standard InChI is InChI=1S/C25H33FN2O3/c1-16(2)11-24(29)27-17(3)25-21-14-23(31-5)22(30-4)13-19(21)9-10-28(25)15-18-7-6-8-20(26)12-18/h6-8,12-14,16-17,25H,9-11,15H2,1-5H3,(H,27,29)/p+1/t17-,25-/m0/s1. The van der Waals surface area contributed by atoms with E-state index in [2.05, 4.69) is 12.2 Å². The molecule has 0 fully saturated rings. The minimum Gasteiger partial charge on any atom is -0.493 e. The molecule has 0 aromatic heterocycles. The Morgan fingerprint density at radius 3 is 2.52 bits per heavy atom. The first-order valence-electron chi connectivity index (χ1n) is 11.0. The summed E-state index contributed by atoms with van der Waals surface area (Å²) >= 11 is 0. The van der Waals surface area contributed by atoms with Crippen molar-refractivity contribution in [1.29, 1.82) is 0 Å². The summed E-state index contributed by atoms with van der Waals surface area (Å²) in [5.41, 5.74) is 3.30. The lowest BCUT2D eigenvalue weighted by Gasteiger charge is -2.38. The first kappa shape index (κ1) is 23.1. The molecule has 0 aliphatic carbocycles. The summed E-state index contributed by atoms with van der Waals surface area (Å²) < 4.78 is 24.9. The van der Waals surface area contributed by atoms with E-state index in [1.54, 1.807) is 26.4 Å². The average Bonchev–Trinajstić information content (AvgIpc) is 2.71. The Bertz CT molecular complexity index is 916. The second-order valence-corrected chi connectivity index (χ2v) is 8.80. The van der Waals surface area contributed by atoms with Gasteiger partial charge in [0.1, 0.15) is 18.4 Å². The lowest BCUT2D eigenvalue weighted by molar-refractivity contribution is -0.948. The van der Waals surface area contributed by atoms with Crippen molar-refractivity contribution in [1.82, 2.24) is 5.32 Å². The number of fused-ring (bicyclic) bond motifs is 1. The molecule has 5 nitrogen and oxygen atoms in total. The molecule has 1 amide bonds. The fraction of sp³-hybridized carbons (Fsp3) is 0.480. The van der Waals surface area contributed by atoms with Gasteiger partial charge in [-0.2, -0.15) is 0 Å². The number of carbonyl (C=O) groups is 1. The number of amides is 1. The molecular weight excluding hydrogens is 395 g/mol. The number of rotatable bonds is 8. The summed E-state index contributed by atoms with van der Waals surface area (Å²) in [6.07, 6.45) is 1.37. The van der Waals surface area contributed by atoms with Gasteiger partial charge >= 0.3 is 0 Å². The van der Waals surface area contributed by atoms with Crippen LogP contribution in [0.25, 0.3) is 0 Å². The number of hydrogen-bond acceptors (Lipinski definition) is 3. The number of nitrogens with one attached hydrogen (secondary N) is 2. The van der Waals surface area contributed by atoms with Crippen LogP contribution in [0.15, 0.2) is 36.4 Å². The summed E-state index contributed by atoms with van der Waals surface area (Å²) in [6.45, 7) is 7.70. The van der Waals surface area contributed by atoms with E-state index in [1.165, 1.54) is 16.5 Å². The van der Waals surface area contributed by atoms with E-state index in [0.717, 1.165) is 24.1 Å². The number of carbonyl (C=O) groups excluding carboxylic acids is 1. The van der Waals surface area contributed by atoms with Crippen LogP contribution in [0.5, 0.6) is 11.5 Å². The maximum absolute atomic E-state index is 13.8. The quantitative estimate of drug-likeness (QED) is 0.678. The van der Waals surface area contributed by atoms with Crippen LogP contribution in [0.3, 0.4) is 0 Å². The lowest BCUT2D eigenvalue weighted by Crippen LogP contribution is -3.13. The fourth-order valence-electron chi connectivity index (χ4n) is 4.61. The number of ether oxygens (including phenoxy) is 2. The Kier molecular flexibility index (Phi) is 7.55. The molecule has 1 aliphatic heterocycles. The molecule has 2 N–H and O–H groups in total. The molecule has 0 radical (unpaired) electrons. The van der Waals surface area contributed by atoms with Gasteiger partial charge in [-0.15, -0.1) is 0 Å². The van der Waals surface area contributed by atoms with Gasteiger partial charge in [0.25, 0.3) is 0 Å². The number of hydrogen-bond donors (Lipinski definition) is 2. The number of methoxy groups -OCH3 is 2. The summed E-state index contributed by atoms with van der Waals surface area (Å²) in [4.78, 5) is 13.8. The Morgan fingerprint density at radius 2 is 1.87 bits per heavy atom. The van der Waals surface area contributed by atoms with Crippen LogP contribution >= 0.6 is 0 Å². The van der Waals surface area contributed by atoms with Gasteiger partial charge in [-0.3, -0.25) is 4.79 Å². The van der Waals surface area contributed by atoms with Gasteiger partial charge in [0, 0.05) is 24.0 Å². The van der Waals surface area contributed by atoms with Crippen LogP contribution in [0, 0.1) is 11.7 Å². The smallest absolute Gasteiger partial charge is 0.220 e. The van der Waals surface area contributed by atoms with E-state index in [0.29, 0.717) is 30.4 Å². The van der Waals surface area contributed by atoms with E-state index in [4.69, 9.17) is 9.47 Å². The Labute approximate surface area is 184 Å². The van der Waals surface area contributed by atoms with Crippen molar-refractivity contribution in [2.75, 3.05) is 20.8 Å². The zero-order valence-corrected chi connectivity index (χ0v) is 19.1. The maximum Gasteiger partial charge on any atom is 0.220 e. The van der Waals surface area contributed by atoms with E-state index >= 15 is 0 Å². The van der Waals surface area contributed by atoms with E-state index in [9.17, 15) is 9.18 Å². The molecular formula is C25H34FN2O3+. The molecule has 0 spiro atoms. The van der Waals surface area contributed by atoms with Crippen molar-refractivity contribution in [3.05, 3.63) is 58.9 Å². The van der Waals surface area contributed by atoms with Gasteiger partial charge in [-0.1, -0.05) is 26.0 Å². The second-order valence-electron chi connectivity index (χ2n) is 8.80. The minimum absolute atomic E-state index is 0.0166. The van der Waals surface area contributed by atoms with E-state index in [1.807, 2.05) is 32.0 Å². The largest absolute Gasteiger partial charge is 0.493 e. The van der Waals surface area contributed by atoms with Gasteiger partial charge < -0.3 is 19.7 Å². The Balaban J connectivity index is 1.96. The molecule has 2 aromatic carbocycles. The highest BCUT2D eigenvalue weighted by Gasteiger charge is 2.37. The Hall–Kier alpha value is -2.60. The van der Waals surface area contributed by atoms with Crippen molar-refractivity contribution >= 4 is 5.91 Å². The molecule has 0 saturated heterocycles. The van der Waals surface area contributed by atoms with Crippen molar-refractivity contribution in [3.8, 4) is 11.5 Å². The van der Waals surface area contributed by atoms with E-state index in [-0.39, 0.29) is 23.8 Å². The van der Waals surface area contributed by atoms with Gasteiger partial charge in [0.15, 0.2) is 11.5 Å². The van der Waals surface area contributed by atoms with Crippen LogP contribution in [-0.4, -0.2) is 32.7 Å². The normalized spacial score (nSPS) is 18.9. The number of benzene rings is 2. The molecule has 2 aromatic rings. The third-order valence-electron chi connectivity index (χ3n) is 5.94. The summed E-state index contributed by atoms with van der Waals surface area (Å²) in [7, 11) is 3.27. The van der Waals surface area contributed by atoms with Gasteiger partial charge in [-0.25, -0.2) is 4.39 Å². The average molecular weight is 430 g/mol. The van der Waals surface area contributed by atoms with Crippen molar-refractivity contribution < 1.29 is 23.6 Å². The number of halogens is 1. The monoisotopic (exact) mass is 429 g/mol. The maximum atomic E-state index is 13.8. The van der Waals surface area contributed by atoms with Crippen molar-refractivity contribution in [2.45, 2.75) is 52.2 Å². The predicted octanol–water partition coefficient (Wildman–Crippen LogP) is 3.08. The van der Waals surface area contributed by atoms with E-state index < -0.39 is 0 Å². The molecule has 1 aliphatic rings. The molecule has 3 atom stereocenters. The lowest BCUT2D eigenvalue weighted by atomic mass is 9.87. The van der Waals surface area contributed by atoms with Crippen LogP contribution in [-0.2, 0) is 17.8 Å². The third-order valence-corrected chi connectivity index (χ3v) is 5.94. The van der Waals surface area contributed by atoms with Crippen LogP contribution < -0.4 is 19.7 Å². The molecule has 31 heavy (non-hydrogen) atoms. The van der Waals surface area contributed by atoms with Gasteiger partial charge in [-0.05, 0) is 42.7 Å². The van der Waals surface area contributed by atoms with Gasteiger partial charge in [0.05, 0.1) is 26.8 Å². The molecule has 1 unspecified atom stereocenters. The van der Waals surface area contributed by atoms with Crippen molar-refractivity contribution in [3.63, 3.8) is 0 Å². The first-order chi connectivity index (χ1) is 14.8. The molecule has 3 rings (SSSR count). The summed E-state index contributed by atoms with van der Waals surface area (Å²) in [6, 6.07) is 10.8. The predicted molar refractivity (Wildman–Crippen MR) is 119 cm³/mol. The molecule has 168 valence electrons. The highest BCUT2D eigenvalue weighted by atomic mass is 19.1. The zero-order valence-electron chi connectivity index (χ0n) is 19.1. The third kappa shape index (κ3) is 5.56. The Morgan fingerprint density at radius 1 is 1.16 bits per heavy atom. The van der Waals surface area contributed by atoms with Gasteiger partial charge in [0.2, 0.25) is 5.91 Å².